The van der Waals surface area contributed by atoms with Gasteiger partial charge in [0.15, 0.2) is 0 Å². The van der Waals surface area contributed by atoms with Crippen LogP contribution in [-0.2, 0) is 14.3 Å². The van der Waals surface area contributed by atoms with Crippen molar-refractivity contribution in [3.8, 4) is 0 Å². The maximum absolute atomic E-state index is 13.0. The lowest BCUT2D eigenvalue weighted by Gasteiger charge is -2.35. The number of primary amides is 1. The van der Waals surface area contributed by atoms with Gasteiger partial charge in [-0.25, -0.2) is 9.18 Å². The number of likely N-dealkylation sites (tertiary alicyclic amines) is 1. The Morgan fingerprint density at radius 1 is 1.29 bits per heavy atom. The number of nitrogens with zero attached hydrogens (tertiary/aromatic N) is 1. The van der Waals surface area contributed by atoms with Crippen molar-refractivity contribution in [1.29, 1.82) is 0 Å². The number of carbonyl (C=O) groups excluding carboxylic acids is 2. The van der Waals surface area contributed by atoms with Gasteiger partial charge >= 0.3 is 5.97 Å². The van der Waals surface area contributed by atoms with E-state index in [1.165, 1.54) is 19.2 Å². The second kappa shape index (κ2) is 6.67. The molecule has 0 spiro atoms. The third-order valence-corrected chi connectivity index (χ3v) is 3.91. The standard InChI is InChI=1S/C15H19FN2O3/c1-21-15(20)13(10-2-4-12(16)5-3-10)18-8-6-11(7-9-18)14(17)19/h2-5,11,13H,6-9H2,1H3,(H2,17,19)/t13-/m0/s1. The van der Waals surface area contributed by atoms with E-state index < -0.39 is 6.04 Å². The van der Waals surface area contributed by atoms with Gasteiger partial charge in [-0.2, -0.15) is 0 Å². The Morgan fingerprint density at radius 3 is 2.33 bits per heavy atom. The van der Waals surface area contributed by atoms with Gasteiger partial charge in [-0.15, -0.1) is 0 Å². The number of ether oxygens (including phenoxy) is 1. The number of carbonyl (C=O) groups is 2. The van der Waals surface area contributed by atoms with Gasteiger partial charge in [-0.05, 0) is 30.5 Å². The molecule has 21 heavy (non-hydrogen) atoms. The van der Waals surface area contributed by atoms with Crippen LogP contribution in [0.2, 0.25) is 0 Å². The van der Waals surface area contributed by atoms with Gasteiger partial charge in [0.25, 0.3) is 0 Å². The van der Waals surface area contributed by atoms with E-state index in [0.717, 1.165) is 0 Å². The molecule has 5 nitrogen and oxygen atoms in total. The number of piperidine rings is 1. The van der Waals surface area contributed by atoms with E-state index in [0.29, 0.717) is 31.5 Å². The number of rotatable bonds is 4. The molecule has 1 heterocycles. The van der Waals surface area contributed by atoms with Crippen LogP contribution in [0, 0.1) is 11.7 Å². The summed E-state index contributed by atoms with van der Waals surface area (Å²) in [5.41, 5.74) is 5.99. The molecule has 114 valence electrons. The molecule has 1 aliphatic heterocycles. The molecule has 6 heteroatoms. The van der Waals surface area contributed by atoms with Gasteiger partial charge in [0.05, 0.1) is 7.11 Å². The molecule has 2 rings (SSSR count). The summed E-state index contributed by atoms with van der Waals surface area (Å²) >= 11 is 0. The first-order valence-corrected chi connectivity index (χ1v) is 6.89. The highest BCUT2D eigenvalue weighted by Gasteiger charge is 2.33. The lowest BCUT2D eigenvalue weighted by molar-refractivity contribution is -0.148. The number of esters is 1. The average Bonchev–Trinajstić information content (AvgIpc) is 2.49. The maximum atomic E-state index is 13.0. The summed E-state index contributed by atoms with van der Waals surface area (Å²) in [7, 11) is 1.33. The van der Waals surface area contributed by atoms with Gasteiger partial charge in [-0.3, -0.25) is 9.69 Å². The van der Waals surface area contributed by atoms with Crippen LogP contribution in [-0.4, -0.2) is 37.0 Å². The fourth-order valence-electron chi connectivity index (χ4n) is 2.69. The van der Waals surface area contributed by atoms with Crippen molar-refractivity contribution in [1.82, 2.24) is 4.90 Å². The molecule has 0 aliphatic carbocycles. The molecule has 0 aromatic heterocycles. The number of nitrogens with two attached hydrogens (primary N) is 1. The first kappa shape index (κ1) is 15.4. The smallest absolute Gasteiger partial charge is 0.327 e. The summed E-state index contributed by atoms with van der Waals surface area (Å²) in [5, 5.41) is 0. The second-order valence-electron chi connectivity index (χ2n) is 5.19. The molecule has 2 N–H and O–H groups in total. The van der Waals surface area contributed by atoms with Gasteiger partial charge < -0.3 is 10.5 Å². The molecular formula is C15H19FN2O3. The van der Waals surface area contributed by atoms with E-state index >= 15 is 0 Å². The van der Waals surface area contributed by atoms with Crippen LogP contribution in [0.3, 0.4) is 0 Å². The van der Waals surface area contributed by atoms with Crippen LogP contribution in [0.4, 0.5) is 4.39 Å². The van der Waals surface area contributed by atoms with Crippen LogP contribution >= 0.6 is 0 Å². The molecule has 1 saturated heterocycles. The molecule has 1 aromatic carbocycles. The van der Waals surface area contributed by atoms with Crippen molar-refractivity contribution in [3.63, 3.8) is 0 Å². The summed E-state index contributed by atoms with van der Waals surface area (Å²) in [6.45, 7) is 1.15. The van der Waals surface area contributed by atoms with Crippen molar-refractivity contribution in [2.45, 2.75) is 18.9 Å². The van der Waals surface area contributed by atoms with Crippen molar-refractivity contribution >= 4 is 11.9 Å². The molecule has 1 amide bonds. The maximum Gasteiger partial charge on any atom is 0.327 e. The SMILES string of the molecule is COC(=O)[C@H](c1ccc(F)cc1)N1CCC(C(N)=O)CC1. The summed E-state index contributed by atoms with van der Waals surface area (Å²) in [6, 6.07) is 5.22. The summed E-state index contributed by atoms with van der Waals surface area (Å²) in [6.07, 6.45) is 1.23. The number of benzene rings is 1. The number of halogens is 1. The second-order valence-corrected chi connectivity index (χ2v) is 5.19. The molecule has 0 unspecified atom stereocenters. The van der Waals surface area contributed by atoms with Crippen LogP contribution in [0.5, 0.6) is 0 Å². The molecule has 1 fully saturated rings. The van der Waals surface area contributed by atoms with Gasteiger partial charge in [0.2, 0.25) is 5.91 Å². The largest absolute Gasteiger partial charge is 0.468 e. The van der Waals surface area contributed by atoms with Gasteiger partial charge in [-0.1, -0.05) is 12.1 Å². The molecule has 0 radical (unpaired) electrons. The van der Waals surface area contributed by atoms with E-state index in [9.17, 15) is 14.0 Å². The minimum atomic E-state index is -0.579. The topological polar surface area (TPSA) is 72.6 Å². The normalized spacial score (nSPS) is 18.2. The Bertz CT molecular complexity index is 510. The van der Waals surface area contributed by atoms with Crippen molar-refractivity contribution in [2.24, 2.45) is 11.7 Å². The molecule has 1 aliphatic rings. The summed E-state index contributed by atoms with van der Waals surface area (Å²) in [4.78, 5) is 25.2. The van der Waals surface area contributed by atoms with Crippen LogP contribution < -0.4 is 5.73 Å². The highest BCUT2D eigenvalue weighted by molar-refractivity contribution is 5.78. The van der Waals surface area contributed by atoms with Crippen molar-refractivity contribution < 1.29 is 18.7 Å². The van der Waals surface area contributed by atoms with E-state index in [1.54, 1.807) is 12.1 Å². The number of amides is 1. The average molecular weight is 294 g/mol. The first-order valence-electron chi connectivity index (χ1n) is 6.89. The summed E-state index contributed by atoms with van der Waals surface area (Å²) in [5.74, 6) is -1.19. The third kappa shape index (κ3) is 3.58. The molecule has 0 saturated carbocycles. The third-order valence-electron chi connectivity index (χ3n) is 3.91. The van der Waals surface area contributed by atoms with E-state index in [1.807, 2.05) is 4.90 Å². The molecule has 1 aromatic rings. The van der Waals surface area contributed by atoms with E-state index in [-0.39, 0.29) is 23.6 Å². The van der Waals surface area contributed by atoms with Crippen LogP contribution in [0.1, 0.15) is 24.4 Å². The fourth-order valence-corrected chi connectivity index (χ4v) is 2.69. The Kier molecular flexibility index (Phi) is 4.90. The highest BCUT2D eigenvalue weighted by Crippen LogP contribution is 2.28. The Hall–Kier alpha value is -1.95. The highest BCUT2D eigenvalue weighted by atomic mass is 19.1. The number of hydrogen-bond acceptors (Lipinski definition) is 4. The monoisotopic (exact) mass is 294 g/mol. The predicted molar refractivity (Wildman–Crippen MR) is 74.6 cm³/mol. The zero-order chi connectivity index (χ0) is 15.4. The Balaban J connectivity index is 2.16. The number of methoxy groups -OCH3 is 1. The van der Waals surface area contributed by atoms with Crippen LogP contribution in [0.15, 0.2) is 24.3 Å². The van der Waals surface area contributed by atoms with E-state index in [2.05, 4.69) is 0 Å². The molecular weight excluding hydrogens is 275 g/mol. The molecule has 1 atom stereocenters. The quantitative estimate of drug-likeness (QED) is 0.848. The number of hydrogen-bond donors (Lipinski definition) is 1. The Labute approximate surface area is 122 Å². The van der Waals surface area contributed by atoms with E-state index in [4.69, 9.17) is 10.5 Å². The Morgan fingerprint density at radius 2 is 1.86 bits per heavy atom. The lowest BCUT2D eigenvalue weighted by Crippen LogP contribution is -2.43. The van der Waals surface area contributed by atoms with Gasteiger partial charge in [0.1, 0.15) is 11.9 Å². The van der Waals surface area contributed by atoms with Crippen molar-refractivity contribution in [3.05, 3.63) is 35.6 Å². The zero-order valence-corrected chi connectivity index (χ0v) is 11.9. The first-order chi connectivity index (χ1) is 10.0. The van der Waals surface area contributed by atoms with Gasteiger partial charge in [0, 0.05) is 19.0 Å². The van der Waals surface area contributed by atoms with Crippen molar-refractivity contribution in [2.75, 3.05) is 20.2 Å². The fraction of sp³-hybridized carbons (Fsp3) is 0.467. The summed E-state index contributed by atoms with van der Waals surface area (Å²) < 4.78 is 17.9. The molecule has 0 bridgehead atoms. The lowest BCUT2D eigenvalue weighted by atomic mass is 9.93. The minimum absolute atomic E-state index is 0.146. The minimum Gasteiger partial charge on any atom is -0.468 e. The van der Waals surface area contributed by atoms with Crippen LogP contribution in [0.25, 0.3) is 0 Å². The predicted octanol–water partition coefficient (Wildman–Crippen LogP) is 1.24. The zero-order valence-electron chi connectivity index (χ0n) is 11.9.